The van der Waals surface area contributed by atoms with Gasteiger partial charge in [0.2, 0.25) is 0 Å². The number of carbonyl (C=O) groups is 1. The Bertz CT molecular complexity index is 880. The summed E-state index contributed by atoms with van der Waals surface area (Å²) in [5, 5.41) is 13.5. The van der Waals surface area contributed by atoms with Crippen molar-refractivity contribution in [3.63, 3.8) is 0 Å². The smallest absolute Gasteiger partial charge is 0.407 e. The van der Waals surface area contributed by atoms with Crippen LogP contribution < -0.4 is 10.2 Å². The molecule has 2 aliphatic rings. The highest BCUT2D eigenvalue weighted by molar-refractivity contribution is 9.08. The summed E-state index contributed by atoms with van der Waals surface area (Å²) in [6.07, 6.45) is 7.29. The van der Waals surface area contributed by atoms with Gasteiger partial charge in [0.05, 0.1) is 5.69 Å². The zero-order valence-corrected chi connectivity index (χ0v) is 18.6. The third-order valence-electron chi connectivity index (χ3n) is 5.91. The first-order chi connectivity index (χ1) is 14.6. The molecule has 1 aliphatic carbocycles. The van der Waals surface area contributed by atoms with Gasteiger partial charge in [-0.05, 0) is 42.7 Å². The van der Waals surface area contributed by atoms with Crippen molar-refractivity contribution in [3.8, 4) is 11.3 Å². The van der Waals surface area contributed by atoms with E-state index >= 15 is 0 Å². The van der Waals surface area contributed by atoms with Gasteiger partial charge in [-0.25, -0.2) is 14.8 Å². The zero-order valence-electron chi connectivity index (χ0n) is 17.1. The van der Waals surface area contributed by atoms with E-state index in [9.17, 15) is 9.90 Å². The number of nitrogens with zero attached hydrogens (tertiary/aromatic N) is 4. The molecule has 8 heteroatoms. The molecular formula is C22H28BrN5O2. The second kappa shape index (κ2) is 9.64. The Labute approximate surface area is 185 Å². The van der Waals surface area contributed by atoms with Gasteiger partial charge in [0.1, 0.15) is 11.6 Å². The van der Waals surface area contributed by atoms with Gasteiger partial charge < -0.3 is 20.2 Å². The molecule has 0 unspecified atom stereocenters. The van der Waals surface area contributed by atoms with E-state index in [1.54, 1.807) is 0 Å². The first-order valence-electron chi connectivity index (χ1n) is 10.6. The van der Waals surface area contributed by atoms with Crippen LogP contribution in [0, 0.1) is 0 Å². The summed E-state index contributed by atoms with van der Waals surface area (Å²) in [5.41, 5.74) is 3.10. The normalized spacial score (nSPS) is 17.8. The molecule has 0 radical (unpaired) electrons. The summed E-state index contributed by atoms with van der Waals surface area (Å²) in [7, 11) is 0. The fourth-order valence-corrected chi connectivity index (χ4v) is 4.53. The van der Waals surface area contributed by atoms with Crippen LogP contribution in [-0.4, -0.2) is 58.3 Å². The third-order valence-corrected chi connectivity index (χ3v) is 6.56. The molecule has 1 aliphatic heterocycles. The third kappa shape index (κ3) is 5.03. The lowest BCUT2D eigenvalue weighted by Gasteiger charge is -2.34. The van der Waals surface area contributed by atoms with Crippen molar-refractivity contribution in [2.75, 3.05) is 36.4 Å². The van der Waals surface area contributed by atoms with Crippen molar-refractivity contribution in [1.29, 1.82) is 0 Å². The minimum atomic E-state index is -0.854. The molecule has 1 amide bonds. The van der Waals surface area contributed by atoms with Crippen LogP contribution in [0.5, 0.6) is 0 Å². The lowest BCUT2D eigenvalue weighted by Crippen LogP contribution is -2.48. The Morgan fingerprint density at radius 2 is 1.90 bits per heavy atom. The lowest BCUT2D eigenvalue weighted by molar-refractivity contribution is 0.142. The summed E-state index contributed by atoms with van der Waals surface area (Å²) < 4.78 is 0. The predicted octanol–water partition coefficient (Wildman–Crippen LogP) is 4.58. The first-order valence-corrected chi connectivity index (χ1v) is 11.8. The molecule has 30 heavy (non-hydrogen) atoms. The molecule has 0 aromatic carbocycles. The Morgan fingerprint density at radius 1 is 1.13 bits per heavy atom. The Hall–Kier alpha value is -2.35. The summed E-state index contributed by atoms with van der Waals surface area (Å²) in [5.74, 6) is 1.80. The molecule has 0 atom stereocenters. The quantitative estimate of drug-likeness (QED) is 0.618. The Morgan fingerprint density at radius 3 is 2.60 bits per heavy atom. The van der Waals surface area contributed by atoms with Gasteiger partial charge in [-0.3, -0.25) is 0 Å². The number of hydrogen-bond donors (Lipinski definition) is 2. The minimum absolute atomic E-state index is 0.496. The van der Waals surface area contributed by atoms with E-state index in [1.807, 2.05) is 12.3 Å². The zero-order chi connectivity index (χ0) is 20.9. The average Bonchev–Trinajstić information content (AvgIpc) is 2.79. The monoisotopic (exact) mass is 473 g/mol. The summed E-state index contributed by atoms with van der Waals surface area (Å²) in [6.45, 7) is 2.29. The van der Waals surface area contributed by atoms with Crippen molar-refractivity contribution >= 4 is 33.7 Å². The number of halogens is 1. The van der Waals surface area contributed by atoms with E-state index in [1.165, 1.54) is 37.0 Å². The number of aromatic nitrogens is 2. The molecule has 2 fully saturated rings. The number of alkyl halides is 1. The molecule has 4 rings (SSSR count). The highest BCUT2D eigenvalue weighted by Crippen LogP contribution is 2.27. The van der Waals surface area contributed by atoms with Crippen LogP contribution >= 0.6 is 15.9 Å². The molecule has 2 N–H and O–H groups in total. The number of carboxylic acid groups (broad SMARTS) is 1. The highest BCUT2D eigenvalue weighted by atomic mass is 79.9. The van der Waals surface area contributed by atoms with Crippen molar-refractivity contribution < 1.29 is 9.90 Å². The summed E-state index contributed by atoms with van der Waals surface area (Å²) in [4.78, 5) is 24.2. The molecule has 0 bridgehead atoms. The molecule has 160 valence electrons. The maximum absolute atomic E-state index is 11.2. The number of hydrogen-bond acceptors (Lipinski definition) is 5. The molecule has 3 heterocycles. The van der Waals surface area contributed by atoms with Gasteiger partial charge in [0, 0.05) is 49.3 Å². The van der Waals surface area contributed by atoms with E-state index in [0.29, 0.717) is 32.2 Å². The van der Waals surface area contributed by atoms with Crippen molar-refractivity contribution in [1.82, 2.24) is 14.9 Å². The van der Waals surface area contributed by atoms with Crippen LogP contribution in [0.15, 0.2) is 30.5 Å². The SMILES string of the molecule is O=C(O)N1CCN(c2cc(CBr)cc(-c3ccnc(NC4CCCCC4)c3)n2)CC1. The first kappa shape index (κ1) is 20.9. The van der Waals surface area contributed by atoms with Gasteiger partial charge in [-0.15, -0.1) is 0 Å². The van der Waals surface area contributed by atoms with E-state index < -0.39 is 6.09 Å². The van der Waals surface area contributed by atoms with Gasteiger partial charge in [-0.2, -0.15) is 0 Å². The summed E-state index contributed by atoms with van der Waals surface area (Å²) >= 11 is 3.57. The topological polar surface area (TPSA) is 81.6 Å². The molecule has 0 spiro atoms. The van der Waals surface area contributed by atoms with Crippen LogP contribution in [0.4, 0.5) is 16.4 Å². The molecule has 2 aromatic heterocycles. The molecule has 2 aromatic rings. The van der Waals surface area contributed by atoms with Gasteiger partial charge in [0.15, 0.2) is 0 Å². The molecular weight excluding hydrogens is 446 g/mol. The number of amides is 1. The lowest BCUT2D eigenvalue weighted by atomic mass is 9.95. The van der Waals surface area contributed by atoms with Crippen molar-refractivity contribution in [2.45, 2.75) is 43.5 Å². The number of rotatable bonds is 5. The van der Waals surface area contributed by atoms with Crippen molar-refractivity contribution in [3.05, 3.63) is 36.0 Å². The number of piperazine rings is 1. The van der Waals surface area contributed by atoms with Crippen LogP contribution in [0.1, 0.15) is 37.7 Å². The fraction of sp³-hybridized carbons (Fsp3) is 0.500. The molecule has 7 nitrogen and oxygen atoms in total. The summed E-state index contributed by atoms with van der Waals surface area (Å²) in [6, 6.07) is 8.77. The van der Waals surface area contributed by atoms with Crippen LogP contribution in [0.3, 0.4) is 0 Å². The molecule has 1 saturated carbocycles. The van der Waals surface area contributed by atoms with E-state index in [0.717, 1.165) is 33.8 Å². The number of nitrogens with one attached hydrogen (secondary N) is 1. The highest BCUT2D eigenvalue weighted by Gasteiger charge is 2.22. The van der Waals surface area contributed by atoms with Gasteiger partial charge in [-0.1, -0.05) is 35.2 Å². The maximum atomic E-state index is 11.2. The Kier molecular flexibility index (Phi) is 6.72. The van der Waals surface area contributed by atoms with Crippen LogP contribution in [0.25, 0.3) is 11.3 Å². The average molecular weight is 474 g/mol. The van der Waals surface area contributed by atoms with Gasteiger partial charge >= 0.3 is 6.09 Å². The van der Waals surface area contributed by atoms with E-state index in [4.69, 9.17) is 4.98 Å². The number of pyridine rings is 2. The van der Waals surface area contributed by atoms with Gasteiger partial charge in [0.25, 0.3) is 0 Å². The van der Waals surface area contributed by atoms with E-state index in [2.05, 4.69) is 49.3 Å². The largest absolute Gasteiger partial charge is 0.465 e. The maximum Gasteiger partial charge on any atom is 0.407 e. The standard InChI is InChI=1S/C22H28BrN5O2/c23-15-16-12-19(26-21(13-16)27-8-10-28(11-9-27)22(29)30)17-6-7-24-20(14-17)25-18-4-2-1-3-5-18/h6-7,12-14,18H,1-5,8-11,15H2,(H,24,25)(H,29,30). The number of anilines is 2. The Balaban J connectivity index is 1.54. The predicted molar refractivity (Wildman–Crippen MR) is 122 cm³/mol. The molecule has 1 saturated heterocycles. The second-order valence-electron chi connectivity index (χ2n) is 8.02. The van der Waals surface area contributed by atoms with Crippen molar-refractivity contribution in [2.24, 2.45) is 0 Å². The van der Waals surface area contributed by atoms with E-state index in [-0.39, 0.29) is 0 Å². The van der Waals surface area contributed by atoms with Crippen LogP contribution in [-0.2, 0) is 5.33 Å². The van der Waals surface area contributed by atoms with Crippen LogP contribution in [0.2, 0.25) is 0 Å². The second-order valence-corrected chi connectivity index (χ2v) is 8.58. The fourth-order valence-electron chi connectivity index (χ4n) is 4.21. The minimum Gasteiger partial charge on any atom is -0.465 e.